The minimum atomic E-state index is -1.60. The molecule has 10 heteroatoms. The first-order valence-electron chi connectivity index (χ1n) is 10.9. The Hall–Kier alpha value is -1.63. The van der Waals surface area contributed by atoms with Crippen LogP contribution in [0.25, 0.3) is 0 Å². The molecule has 1 heterocycles. The summed E-state index contributed by atoms with van der Waals surface area (Å²) in [4.78, 5) is 12.3. The number of benzene rings is 1. The Bertz CT molecular complexity index is 660. The number of carbonyl (C=O) groups is 1. The van der Waals surface area contributed by atoms with Crippen molar-refractivity contribution >= 4 is 5.91 Å². The van der Waals surface area contributed by atoms with Crippen molar-refractivity contribution < 1.29 is 44.9 Å². The number of unbranched alkanes of at least 4 members (excludes halogenated alkanes) is 2. The number of aliphatic hydroxyl groups is 6. The fraction of sp³-hybridized carbons (Fsp3) is 0.682. The van der Waals surface area contributed by atoms with Crippen LogP contribution in [0.1, 0.15) is 31.2 Å². The standard InChI is InChI=1S/C22H35NO9/c24-11-16(26)15(13-31-22-21(30)20(29)19(28)17(12-25)32-22)23-18(27)10-6-2-5-9-14-7-3-1-4-8-14/h1,3-4,7-8,15-17,19-22,24-26,28-30H,2,5-6,9-13H2,(H,23,27)/t15-,16+,17?,19?,20?,21-,22?/m0/s1. The van der Waals surface area contributed by atoms with Gasteiger partial charge in [-0.25, -0.2) is 0 Å². The molecule has 0 saturated carbocycles. The van der Waals surface area contributed by atoms with Gasteiger partial charge in [-0.15, -0.1) is 0 Å². The van der Waals surface area contributed by atoms with E-state index >= 15 is 0 Å². The Labute approximate surface area is 187 Å². The zero-order chi connectivity index (χ0) is 23.5. The molecule has 10 nitrogen and oxygen atoms in total. The average molecular weight is 458 g/mol. The van der Waals surface area contributed by atoms with Crippen LogP contribution in [0.5, 0.6) is 0 Å². The van der Waals surface area contributed by atoms with Crippen LogP contribution in [0.15, 0.2) is 30.3 Å². The van der Waals surface area contributed by atoms with Crippen molar-refractivity contribution in [3.05, 3.63) is 35.9 Å². The van der Waals surface area contributed by atoms with Crippen LogP contribution in [-0.2, 0) is 20.7 Å². The molecule has 7 N–H and O–H groups in total. The van der Waals surface area contributed by atoms with Gasteiger partial charge in [-0.3, -0.25) is 4.79 Å². The van der Waals surface area contributed by atoms with Crippen LogP contribution in [0.4, 0.5) is 0 Å². The number of amides is 1. The van der Waals surface area contributed by atoms with Crippen molar-refractivity contribution in [1.82, 2.24) is 5.32 Å². The Morgan fingerprint density at radius 1 is 1.03 bits per heavy atom. The predicted octanol–water partition coefficient (Wildman–Crippen LogP) is -1.56. The van der Waals surface area contributed by atoms with Crippen molar-refractivity contribution in [3.8, 4) is 0 Å². The highest BCUT2D eigenvalue weighted by Gasteiger charge is 2.44. The Morgan fingerprint density at radius 3 is 2.41 bits per heavy atom. The summed E-state index contributed by atoms with van der Waals surface area (Å²) in [5.41, 5.74) is 1.24. The maximum atomic E-state index is 12.3. The van der Waals surface area contributed by atoms with E-state index in [1.54, 1.807) is 0 Å². The second-order valence-electron chi connectivity index (χ2n) is 8.00. The summed E-state index contributed by atoms with van der Waals surface area (Å²) in [6, 6.07) is 9.07. The normalized spacial score (nSPS) is 27.6. The van der Waals surface area contributed by atoms with E-state index < -0.39 is 56.1 Å². The topological polar surface area (TPSA) is 169 Å². The summed E-state index contributed by atoms with van der Waals surface area (Å²) < 4.78 is 10.6. The molecule has 0 aliphatic carbocycles. The zero-order valence-corrected chi connectivity index (χ0v) is 18.0. The maximum absolute atomic E-state index is 12.3. The third kappa shape index (κ3) is 8.05. The highest BCUT2D eigenvalue weighted by atomic mass is 16.7. The van der Waals surface area contributed by atoms with Crippen molar-refractivity contribution in [2.75, 3.05) is 19.8 Å². The number of aliphatic hydroxyl groups excluding tert-OH is 6. The first-order chi connectivity index (χ1) is 15.4. The van der Waals surface area contributed by atoms with E-state index in [-0.39, 0.29) is 18.9 Å². The molecule has 0 bridgehead atoms. The van der Waals surface area contributed by atoms with Crippen molar-refractivity contribution in [3.63, 3.8) is 0 Å². The van der Waals surface area contributed by atoms with Gasteiger partial charge in [0.2, 0.25) is 5.91 Å². The zero-order valence-electron chi connectivity index (χ0n) is 18.0. The molecule has 4 unspecified atom stereocenters. The number of nitrogens with one attached hydrogen (secondary N) is 1. The van der Waals surface area contributed by atoms with Gasteiger partial charge in [0, 0.05) is 6.42 Å². The molecular formula is C22H35NO9. The van der Waals surface area contributed by atoms with Crippen LogP contribution in [0, 0.1) is 0 Å². The lowest BCUT2D eigenvalue weighted by atomic mass is 9.99. The molecule has 1 aromatic rings. The van der Waals surface area contributed by atoms with E-state index in [9.17, 15) is 35.4 Å². The van der Waals surface area contributed by atoms with Crippen molar-refractivity contribution in [2.45, 2.75) is 75.0 Å². The van der Waals surface area contributed by atoms with E-state index in [0.29, 0.717) is 6.42 Å². The van der Waals surface area contributed by atoms with E-state index in [0.717, 1.165) is 19.3 Å². The molecule has 2 rings (SSSR count). The molecule has 1 aliphatic heterocycles. The summed E-state index contributed by atoms with van der Waals surface area (Å²) in [7, 11) is 0. The van der Waals surface area contributed by atoms with E-state index in [2.05, 4.69) is 17.4 Å². The lowest BCUT2D eigenvalue weighted by Crippen LogP contribution is -2.60. The SMILES string of the molecule is O=C(CCCCCc1ccccc1)N[C@@H](COC1OC(CO)C(O)C(O)[C@@H]1O)[C@H](O)CO. The molecule has 1 saturated heterocycles. The van der Waals surface area contributed by atoms with Crippen molar-refractivity contribution in [1.29, 1.82) is 0 Å². The summed E-state index contributed by atoms with van der Waals surface area (Å²) >= 11 is 0. The minimum Gasteiger partial charge on any atom is -0.394 e. The van der Waals surface area contributed by atoms with Crippen LogP contribution in [0.3, 0.4) is 0 Å². The highest BCUT2D eigenvalue weighted by molar-refractivity contribution is 5.76. The maximum Gasteiger partial charge on any atom is 0.220 e. The molecule has 7 atom stereocenters. The molecule has 0 spiro atoms. The predicted molar refractivity (Wildman–Crippen MR) is 113 cm³/mol. The lowest BCUT2D eigenvalue weighted by molar-refractivity contribution is -0.302. The molecule has 1 aromatic carbocycles. The second-order valence-corrected chi connectivity index (χ2v) is 8.00. The fourth-order valence-electron chi connectivity index (χ4n) is 3.49. The highest BCUT2D eigenvalue weighted by Crippen LogP contribution is 2.22. The average Bonchev–Trinajstić information content (AvgIpc) is 2.81. The smallest absolute Gasteiger partial charge is 0.220 e. The summed E-state index contributed by atoms with van der Waals surface area (Å²) in [6.45, 7) is -1.56. The van der Waals surface area contributed by atoms with Crippen LogP contribution in [0.2, 0.25) is 0 Å². The van der Waals surface area contributed by atoms with Gasteiger partial charge >= 0.3 is 0 Å². The van der Waals surface area contributed by atoms with Gasteiger partial charge in [0.1, 0.15) is 24.4 Å². The molecule has 32 heavy (non-hydrogen) atoms. The largest absolute Gasteiger partial charge is 0.394 e. The summed E-state index contributed by atoms with van der Waals surface area (Å²) in [5.74, 6) is -0.320. The van der Waals surface area contributed by atoms with Crippen LogP contribution < -0.4 is 5.32 Å². The van der Waals surface area contributed by atoms with Gasteiger partial charge < -0.3 is 45.4 Å². The molecule has 0 radical (unpaired) electrons. The van der Waals surface area contributed by atoms with Gasteiger partial charge in [-0.05, 0) is 24.8 Å². The van der Waals surface area contributed by atoms with E-state index in [1.807, 2.05) is 18.2 Å². The van der Waals surface area contributed by atoms with Crippen molar-refractivity contribution in [2.24, 2.45) is 0 Å². The molecule has 1 aliphatic rings. The third-order valence-corrected chi connectivity index (χ3v) is 5.50. The summed E-state index contributed by atoms with van der Waals surface area (Å²) in [6.07, 6.45) is -4.93. The third-order valence-electron chi connectivity index (χ3n) is 5.50. The van der Waals surface area contributed by atoms with Gasteiger partial charge in [-0.2, -0.15) is 0 Å². The van der Waals surface area contributed by atoms with E-state index in [4.69, 9.17) is 9.47 Å². The quantitative estimate of drug-likeness (QED) is 0.173. The van der Waals surface area contributed by atoms with Crippen LogP contribution >= 0.6 is 0 Å². The minimum absolute atomic E-state index is 0.240. The number of hydrogen-bond donors (Lipinski definition) is 7. The monoisotopic (exact) mass is 457 g/mol. The van der Waals surface area contributed by atoms with Gasteiger partial charge in [0.15, 0.2) is 6.29 Å². The molecular weight excluding hydrogens is 422 g/mol. The number of aryl methyl sites for hydroxylation is 1. The second kappa shape index (κ2) is 13.8. The Kier molecular flexibility index (Phi) is 11.5. The number of rotatable bonds is 13. The first-order valence-corrected chi connectivity index (χ1v) is 10.9. The molecule has 0 aromatic heterocycles. The summed E-state index contributed by atoms with van der Waals surface area (Å²) in [5, 5.41) is 60.8. The van der Waals surface area contributed by atoms with Gasteiger partial charge in [0.05, 0.1) is 32.0 Å². The van der Waals surface area contributed by atoms with Crippen LogP contribution in [-0.4, -0.2) is 99.2 Å². The van der Waals surface area contributed by atoms with Gasteiger partial charge in [0.25, 0.3) is 0 Å². The number of ether oxygens (including phenoxy) is 2. The molecule has 1 fully saturated rings. The first kappa shape index (κ1) is 26.6. The lowest BCUT2D eigenvalue weighted by Gasteiger charge is -2.40. The number of carbonyl (C=O) groups excluding carboxylic acids is 1. The molecule has 1 amide bonds. The molecule has 182 valence electrons. The number of hydrogen-bond acceptors (Lipinski definition) is 9. The van der Waals surface area contributed by atoms with E-state index in [1.165, 1.54) is 5.56 Å². The fourth-order valence-corrected chi connectivity index (χ4v) is 3.49. The Morgan fingerprint density at radius 2 is 1.75 bits per heavy atom. The Balaban J connectivity index is 1.76. The van der Waals surface area contributed by atoms with Gasteiger partial charge in [-0.1, -0.05) is 36.8 Å².